The molecule has 0 bridgehead atoms. The second kappa shape index (κ2) is 5.44. The maximum absolute atomic E-state index is 3.71. The Hall–Kier alpha value is -0.820. The number of nitrogens with one attached hydrogen (secondary N) is 1. The summed E-state index contributed by atoms with van der Waals surface area (Å²) in [4.78, 5) is 0. The van der Waals surface area contributed by atoms with Crippen LogP contribution in [0.1, 0.15) is 44.7 Å². The smallest absolute Gasteiger partial charge is 0.00684 e. The fourth-order valence-electron chi connectivity index (χ4n) is 2.31. The van der Waals surface area contributed by atoms with Crippen LogP contribution in [0.2, 0.25) is 0 Å². The largest absolute Gasteiger partial charge is 0.313 e. The molecule has 2 rings (SSSR count). The molecular formula is C17H27N. The van der Waals surface area contributed by atoms with E-state index in [2.05, 4.69) is 57.3 Å². The highest BCUT2D eigenvalue weighted by molar-refractivity contribution is 5.22. The van der Waals surface area contributed by atoms with Gasteiger partial charge in [0.1, 0.15) is 0 Å². The first-order valence-corrected chi connectivity index (χ1v) is 7.28. The second-order valence-electron chi connectivity index (χ2n) is 6.63. The molecule has 0 radical (unpaired) electrons. The Bertz CT molecular complexity index is 375. The van der Waals surface area contributed by atoms with Gasteiger partial charge in [-0.05, 0) is 43.1 Å². The normalized spacial score (nSPS) is 18.9. The van der Waals surface area contributed by atoms with Gasteiger partial charge < -0.3 is 5.32 Å². The number of aryl methyl sites for hydroxylation is 1. The van der Waals surface area contributed by atoms with Crippen molar-refractivity contribution in [2.24, 2.45) is 11.3 Å². The molecule has 0 amide bonds. The molecule has 0 aliphatic heterocycles. The summed E-state index contributed by atoms with van der Waals surface area (Å²) in [6.45, 7) is 10.4. The van der Waals surface area contributed by atoms with Crippen LogP contribution in [-0.2, 0) is 6.42 Å². The summed E-state index contributed by atoms with van der Waals surface area (Å²) in [7, 11) is 0. The molecule has 1 heteroatoms. The van der Waals surface area contributed by atoms with Crippen LogP contribution >= 0.6 is 0 Å². The maximum Gasteiger partial charge on any atom is 0.00684 e. The van der Waals surface area contributed by atoms with Gasteiger partial charge in [0.2, 0.25) is 0 Å². The quantitative estimate of drug-likeness (QED) is 0.800. The fraction of sp³-hybridized carbons (Fsp3) is 0.647. The van der Waals surface area contributed by atoms with E-state index in [9.17, 15) is 0 Å². The zero-order valence-corrected chi connectivity index (χ0v) is 12.3. The number of rotatable bonds is 6. The minimum Gasteiger partial charge on any atom is -0.313 e. The highest BCUT2D eigenvalue weighted by Gasteiger charge is 2.31. The van der Waals surface area contributed by atoms with Crippen molar-refractivity contribution < 1.29 is 0 Å². The molecule has 0 saturated heterocycles. The summed E-state index contributed by atoms with van der Waals surface area (Å²) in [5.41, 5.74) is 3.17. The third-order valence-electron chi connectivity index (χ3n) is 4.49. The van der Waals surface area contributed by atoms with Gasteiger partial charge in [0.25, 0.3) is 0 Å². The average molecular weight is 245 g/mol. The fourth-order valence-corrected chi connectivity index (χ4v) is 2.31. The van der Waals surface area contributed by atoms with E-state index < -0.39 is 0 Å². The third kappa shape index (κ3) is 3.58. The Morgan fingerprint density at radius 3 is 2.33 bits per heavy atom. The summed E-state index contributed by atoms with van der Waals surface area (Å²) >= 11 is 0. The van der Waals surface area contributed by atoms with E-state index in [-0.39, 0.29) is 0 Å². The lowest BCUT2D eigenvalue weighted by Crippen LogP contribution is -2.38. The van der Waals surface area contributed by atoms with Gasteiger partial charge in [-0.1, -0.05) is 50.6 Å². The Labute approximate surface area is 112 Å². The molecule has 0 aromatic heterocycles. The van der Waals surface area contributed by atoms with Crippen molar-refractivity contribution >= 4 is 0 Å². The van der Waals surface area contributed by atoms with Crippen molar-refractivity contribution in [1.29, 1.82) is 0 Å². The average Bonchev–Trinajstić information content (AvgIpc) is 3.13. The molecule has 0 heterocycles. The molecule has 1 aliphatic rings. The SMILES string of the molecule is Cc1ccc(CC(C)(CNC2CC2)C(C)C)cc1. The Morgan fingerprint density at radius 1 is 1.22 bits per heavy atom. The van der Waals surface area contributed by atoms with Gasteiger partial charge >= 0.3 is 0 Å². The van der Waals surface area contributed by atoms with Crippen molar-refractivity contribution in [2.45, 2.75) is 53.0 Å². The van der Waals surface area contributed by atoms with Crippen LogP contribution in [0.15, 0.2) is 24.3 Å². The molecule has 1 atom stereocenters. The first-order valence-electron chi connectivity index (χ1n) is 7.28. The predicted octanol–water partition coefficient (Wildman–Crippen LogP) is 3.95. The van der Waals surface area contributed by atoms with E-state index in [1.807, 2.05) is 0 Å². The molecule has 1 aromatic rings. The van der Waals surface area contributed by atoms with E-state index in [4.69, 9.17) is 0 Å². The molecule has 0 spiro atoms. The molecule has 18 heavy (non-hydrogen) atoms. The van der Waals surface area contributed by atoms with Gasteiger partial charge in [-0.2, -0.15) is 0 Å². The van der Waals surface area contributed by atoms with Crippen molar-refractivity contribution in [3.05, 3.63) is 35.4 Å². The number of benzene rings is 1. The van der Waals surface area contributed by atoms with E-state index >= 15 is 0 Å². The van der Waals surface area contributed by atoms with Gasteiger partial charge in [-0.15, -0.1) is 0 Å². The van der Waals surface area contributed by atoms with Crippen LogP contribution in [0.3, 0.4) is 0 Å². The lowest BCUT2D eigenvalue weighted by molar-refractivity contribution is 0.206. The first-order chi connectivity index (χ1) is 8.49. The standard InChI is InChI=1S/C17H27N/c1-13(2)17(4,12-18-16-9-10-16)11-15-7-5-14(3)6-8-15/h5-8,13,16,18H,9-12H2,1-4H3. The Kier molecular flexibility index (Phi) is 4.11. The minimum absolute atomic E-state index is 0.359. The molecule has 1 aromatic carbocycles. The van der Waals surface area contributed by atoms with Gasteiger partial charge in [-0.3, -0.25) is 0 Å². The van der Waals surface area contributed by atoms with Gasteiger partial charge in [-0.25, -0.2) is 0 Å². The van der Waals surface area contributed by atoms with E-state index in [1.54, 1.807) is 0 Å². The Balaban J connectivity index is 2.01. The third-order valence-corrected chi connectivity index (χ3v) is 4.49. The molecule has 1 fully saturated rings. The van der Waals surface area contributed by atoms with E-state index in [0.29, 0.717) is 11.3 Å². The summed E-state index contributed by atoms with van der Waals surface area (Å²) < 4.78 is 0. The lowest BCUT2D eigenvalue weighted by Gasteiger charge is -2.34. The monoisotopic (exact) mass is 245 g/mol. The lowest BCUT2D eigenvalue weighted by atomic mass is 9.74. The van der Waals surface area contributed by atoms with Crippen LogP contribution < -0.4 is 5.32 Å². The molecular weight excluding hydrogens is 218 g/mol. The summed E-state index contributed by atoms with van der Waals surface area (Å²) in [6.07, 6.45) is 3.92. The second-order valence-corrected chi connectivity index (χ2v) is 6.63. The molecule has 1 saturated carbocycles. The topological polar surface area (TPSA) is 12.0 Å². The molecule has 100 valence electrons. The summed E-state index contributed by atoms with van der Waals surface area (Å²) in [5, 5.41) is 3.71. The Morgan fingerprint density at radius 2 is 1.83 bits per heavy atom. The predicted molar refractivity (Wildman–Crippen MR) is 78.9 cm³/mol. The van der Waals surface area contributed by atoms with Crippen LogP contribution in [0.4, 0.5) is 0 Å². The van der Waals surface area contributed by atoms with Gasteiger partial charge in [0.15, 0.2) is 0 Å². The molecule has 1 nitrogen and oxygen atoms in total. The van der Waals surface area contributed by atoms with Crippen molar-refractivity contribution in [1.82, 2.24) is 5.32 Å². The van der Waals surface area contributed by atoms with E-state index in [0.717, 1.165) is 12.6 Å². The van der Waals surface area contributed by atoms with Crippen LogP contribution in [0, 0.1) is 18.3 Å². The highest BCUT2D eigenvalue weighted by atomic mass is 15.0. The molecule has 1 N–H and O–H groups in total. The van der Waals surface area contributed by atoms with Crippen molar-refractivity contribution in [3.8, 4) is 0 Å². The first kappa shape index (κ1) is 13.6. The summed E-state index contributed by atoms with van der Waals surface area (Å²) in [5.74, 6) is 0.699. The maximum atomic E-state index is 3.71. The van der Waals surface area contributed by atoms with Crippen LogP contribution in [0.5, 0.6) is 0 Å². The van der Waals surface area contributed by atoms with Gasteiger partial charge in [0, 0.05) is 12.6 Å². The molecule has 1 aliphatic carbocycles. The van der Waals surface area contributed by atoms with Crippen molar-refractivity contribution in [3.63, 3.8) is 0 Å². The minimum atomic E-state index is 0.359. The molecule has 1 unspecified atom stereocenters. The number of hydrogen-bond donors (Lipinski definition) is 1. The zero-order chi connectivity index (χ0) is 13.2. The van der Waals surface area contributed by atoms with Crippen molar-refractivity contribution in [2.75, 3.05) is 6.54 Å². The highest BCUT2D eigenvalue weighted by Crippen LogP contribution is 2.32. The van der Waals surface area contributed by atoms with E-state index in [1.165, 1.54) is 30.4 Å². The summed E-state index contributed by atoms with van der Waals surface area (Å²) in [6, 6.07) is 9.83. The number of hydrogen-bond acceptors (Lipinski definition) is 1. The van der Waals surface area contributed by atoms with Crippen LogP contribution in [0.25, 0.3) is 0 Å². The van der Waals surface area contributed by atoms with Crippen LogP contribution in [-0.4, -0.2) is 12.6 Å². The van der Waals surface area contributed by atoms with Gasteiger partial charge in [0.05, 0.1) is 0 Å². The zero-order valence-electron chi connectivity index (χ0n) is 12.3.